The second kappa shape index (κ2) is 8.23. The van der Waals surface area contributed by atoms with Gasteiger partial charge in [0.15, 0.2) is 0 Å². The summed E-state index contributed by atoms with van der Waals surface area (Å²) < 4.78 is 10.8. The minimum absolute atomic E-state index is 0.0993. The number of phenolic OH excluding ortho intramolecular Hbond substituents is 1. The number of phenols is 1. The zero-order chi connectivity index (χ0) is 19.2. The van der Waals surface area contributed by atoms with Crippen LogP contribution in [-0.4, -0.2) is 30.9 Å². The van der Waals surface area contributed by atoms with E-state index >= 15 is 0 Å². The maximum absolute atomic E-state index is 12.4. The van der Waals surface area contributed by atoms with E-state index in [1.54, 1.807) is 37.4 Å². The fourth-order valence-electron chi connectivity index (χ4n) is 2.67. The molecule has 3 aromatic carbocycles. The number of nitrogens with one attached hydrogen (secondary N) is 1. The smallest absolute Gasteiger partial charge is 0.275 e. The van der Waals surface area contributed by atoms with Crippen LogP contribution in [0.25, 0.3) is 10.8 Å². The van der Waals surface area contributed by atoms with Crippen LogP contribution in [0.2, 0.25) is 0 Å². The van der Waals surface area contributed by atoms with E-state index in [0.717, 1.165) is 10.8 Å². The molecule has 0 saturated carbocycles. The van der Waals surface area contributed by atoms with Gasteiger partial charge in [-0.15, -0.1) is 0 Å². The standard InChI is InChI=1S/C21H20N2O4/c1-3-27-20-9-8-17(26-2)10-16(20)13-22-23-21(25)18-11-14-6-4-5-7-15(14)12-19(18)24/h4-13,24H,3H2,1-2H3,(H,23,25)/b22-13-. The van der Waals surface area contributed by atoms with Gasteiger partial charge in [0.05, 0.1) is 25.5 Å². The zero-order valence-corrected chi connectivity index (χ0v) is 15.1. The number of aromatic hydroxyl groups is 1. The topological polar surface area (TPSA) is 80.2 Å². The van der Waals surface area contributed by atoms with E-state index in [1.807, 2.05) is 31.2 Å². The number of rotatable bonds is 6. The Morgan fingerprint density at radius 1 is 1.15 bits per heavy atom. The van der Waals surface area contributed by atoms with Gasteiger partial charge in [-0.1, -0.05) is 24.3 Å². The van der Waals surface area contributed by atoms with Gasteiger partial charge in [-0.2, -0.15) is 5.10 Å². The first-order valence-electron chi connectivity index (χ1n) is 8.48. The number of hydrogen-bond acceptors (Lipinski definition) is 5. The van der Waals surface area contributed by atoms with E-state index in [0.29, 0.717) is 23.7 Å². The van der Waals surface area contributed by atoms with E-state index in [2.05, 4.69) is 10.5 Å². The molecule has 3 aromatic rings. The predicted molar refractivity (Wildman–Crippen MR) is 105 cm³/mol. The summed E-state index contributed by atoms with van der Waals surface area (Å²) in [6.07, 6.45) is 1.48. The van der Waals surface area contributed by atoms with Gasteiger partial charge < -0.3 is 14.6 Å². The van der Waals surface area contributed by atoms with Crippen LogP contribution in [0, 0.1) is 0 Å². The molecular formula is C21H20N2O4. The second-order valence-corrected chi connectivity index (χ2v) is 5.75. The van der Waals surface area contributed by atoms with Crippen LogP contribution in [0.4, 0.5) is 0 Å². The first-order valence-corrected chi connectivity index (χ1v) is 8.48. The predicted octanol–water partition coefficient (Wildman–Crippen LogP) is 3.72. The average molecular weight is 364 g/mol. The lowest BCUT2D eigenvalue weighted by molar-refractivity contribution is 0.0952. The summed E-state index contributed by atoms with van der Waals surface area (Å²) in [4.78, 5) is 12.4. The Morgan fingerprint density at radius 3 is 2.59 bits per heavy atom. The molecule has 3 rings (SSSR count). The van der Waals surface area contributed by atoms with Gasteiger partial charge in [0.2, 0.25) is 0 Å². The zero-order valence-electron chi connectivity index (χ0n) is 15.1. The molecule has 0 unspecified atom stereocenters. The number of fused-ring (bicyclic) bond motifs is 1. The quantitative estimate of drug-likeness (QED) is 0.516. The minimum atomic E-state index is -0.504. The Hall–Kier alpha value is -3.54. The number of carbonyl (C=O) groups excluding carboxylic acids is 1. The van der Waals surface area contributed by atoms with Crippen molar-refractivity contribution in [2.24, 2.45) is 5.10 Å². The molecule has 138 valence electrons. The minimum Gasteiger partial charge on any atom is -0.507 e. The molecule has 6 heteroatoms. The van der Waals surface area contributed by atoms with Gasteiger partial charge in [-0.05, 0) is 48.0 Å². The van der Waals surface area contributed by atoms with Crippen LogP contribution in [0.5, 0.6) is 17.2 Å². The van der Waals surface area contributed by atoms with E-state index in [1.165, 1.54) is 6.21 Å². The highest BCUT2D eigenvalue weighted by Crippen LogP contribution is 2.25. The number of amides is 1. The first-order chi connectivity index (χ1) is 13.1. The highest BCUT2D eigenvalue weighted by atomic mass is 16.5. The summed E-state index contributed by atoms with van der Waals surface area (Å²) in [6, 6.07) is 16.0. The van der Waals surface area contributed by atoms with Crippen molar-refractivity contribution in [3.05, 3.63) is 65.7 Å². The Morgan fingerprint density at radius 2 is 1.89 bits per heavy atom. The van der Waals surface area contributed by atoms with E-state index in [-0.39, 0.29) is 11.3 Å². The number of carbonyl (C=O) groups is 1. The van der Waals surface area contributed by atoms with Crippen molar-refractivity contribution in [3.8, 4) is 17.2 Å². The molecule has 1 amide bonds. The van der Waals surface area contributed by atoms with Gasteiger partial charge in [-0.25, -0.2) is 5.43 Å². The van der Waals surface area contributed by atoms with E-state index in [9.17, 15) is 9.90 Å². The fraction of sp³-hybridized carbons (Fsp3) is 0.143. The lowest BCUT2D eigenvalue weighted by Gasteiger charge is -2.09. The summed E-state index contributed by atoms with van der Waals surface area (Å²) in [7, 11) is 1.57. The van der Waals surface area contributed by atoms with Crippen molar-refractivity contribution in [1.29, 1.82) is 0 Å². The van der Waals surface area contributed by atoms with Gasteiger partial charge in [0.1, 0.15) is 17.2 Å². The Labute approximate surface area is 157 Å². The Bertz CT molecular complexity index is 999. The fourth-order valence-corrected chi connectivity index (χ4v) is 2.67. The maximum atomic E-state index is 12.4. The molecular weight excluding hydrogens is 344 g/mol. The van der Waals surface area contributed by atoms with Crippen LogP contribution in [0.1, 0.15) is 22.8 Å². The van der Waals surface area contributed by atoms with E-state index < -0.39 is 5.91 Å². The summed E-state index contributed by atoms with van der Waals surface area (Å²) >= 11 is 0. The highest BCUT2D eigenvalue weighted by Gasteiger charge is 2.12. The largest absolute Gasteiger partial charge is 0.507 e. The van der Waals surface area contributed by atoms with Crippen LogP contribution < -0.4 is 14.9 Å². The summed E-state index contributed by atoms with van der Waals surface area (Å²) in [6.45, 7) is 2.39. The Balaban J connectivity index is 1.80. The molecule has 6 nitrogen and oxygen atoms in total. The number of hydrogen-bond donors (Lipinski definition) is 2. The molecule has 0 saturated heterocycles. The molecule has 0 aliphatic rings. The van der Waals surface area contributed by atoms with Crippen molar-refractivity contribution < 1.29 is 19.4 Å². The number of nitrogens with zero attached hydrogens (tertiary/aromatic N) is 1. The molecule has 0 fully saturated rings. The van der Waals surface area contributed by atoms with Crippen LogP contribution in [-0.2, 0) is 0 Å². The third-order valence-electron chi connectivity index (χ3n) is 4.00. The van der Waals surface area contributed by atoms with Gasteiger partial charge in [-0.3, -0.25) is 4.79 Å². The van der Waals surface area contributed by atoms with Crippen molar-refractivity contribution >= 4 is 22.9 Å². The van der Waals surface area contributed by atoms with Crippen molar-refractivity contribution in [3.63, 3.8) is 0 Å². The molecule has 2 N–H and O–H groups in total. The Kier molecular flexibility index (Phi) is 5.56. The lowest BCUT2D eigenvalue weighted by Crippen LogP contribution is -2.17. The molecule has 0 radical (unpaired) electrons. The molecule has 27 heavy (non-hydrogen) atoms. The summed E-state index contributed by atoms with van der Waals surface area (Å²) in [5.41, 5.74) is 3.25. The number of methoxy groups -OCH3 is 1. The lowest BCUT2D eigenvalue weighted by atomic mass is 10.1. The summed E-state index contributed by atoms with van der Waals surface area (Å²) in [5.74, 6) is 0.677. The molecule has 0 bridgehead atoms. The summed E-state index contributed by atoms with van der Waals surface area (Å²) in [5, 5.41) is 15.8. The van der Waals surface area contributed by atoms with Crippen molar-refractivity contribution in [2.45, 2.75) is 6.92 Å². The second-order valence-electron chi connectivity index (χ2n) is 5.75. The third-order valence-corrected chi connectivity index (χ3v) is 4.00. The highest BCUT2D eigenvalue weighted by molar-refractivity contribution is 6.01. The van der Waals surface area contributed by atoms with Crippen molar-refractivity contribution in [1.82, 2.24) is 5.43 Å². The van der Waals surface area contributed by atoms with Gasteiger partial charge in [0, 0.05) is 5.56 Å². The van der Waals surface area contributed by atoms with Crippen LogP contribution in [0.3, 0.4) is 0 Å². The average Bonchev–Trinajstić information content (AvgIpc) is 2.68. The molecule has 0 aliphatic heterocycles. The normalized spacial score (nSPS) is 10.9. The molecule has 0 atom stereocenters. The maximum Gasteiger partial charge on any atom is 0.275 e. The number of benzene rings is 3. The molecule has 0 aromatic heterocycles. The third kappa shape index (κ3) is 4.17. The van der Waals surface area contributed by atoms with Crippen molar-refractivity contribution in [2.75, 3.05) is 13.7 Å². The number of ether oxygens (including phenoxy) is 2. The number of hydrazone groups is 1. The molecule has 0 aliphatic carbocycles. The van der Waals surface area contributed by atoms with Gasteiger partial charge >= 0.3 is 0 Å². The molecule has 0 heterocycles. The van der Waals surface area contributed by atoms with Crippen LogP contribution in [0.15, 0.2) is 59.7 Å². The SMILES string of the molecule is CCOc1ccc(OC)cc1/C=N\NC(=O)c1cc2ccccc2cc1O. The van der Waals surface area contributed by atoms with Crippen LogP contribution >= 0.6 is 0 Å². The molecule has 0 spiro atoms. The first kappa shape index (κ1) is 18.3. The van der Waals surface area contributed by atoms with Gasteiger partial charge in [0.25, 0.3) is 5.91 Å². The van der Waals surface area contributed by atoms with E-state index in [4.69, 9.17) is 9.47 Å². The monoisotopic (exact) mass is 364 g/mol.